The molecule has 212 valence electrons. The van der Waals surface area contributed by atoms with Gasteiger partial charge in [0.1, 0.15) is 0 Å². The van der Waals surface area contributed by atoms with Crippen molar-refractivity contribution in [1.29, 1.82) is 0 Å². The first kappa shape index (κ1) is 27.9. The summed E-state index contributed by atoms with van der Waals surface area (Å²) in [7, 11) is 0. The highest BCUT2D eigenvalue weighted by atomic mass is 16.5. The summed E-state index contributed by atoms with van der Waals surface area (Å²) < 4.78 is 8.04. The molecule has 39 heavy (non-hydrogen) atoms. The average molecular weight is 535 g/mol. The molecule has 1 saturated carbocycles. The summed E-state index contributed by atoms with van der Waals surface area (Å²) in [6.07, 6.45) is 13.6. The van der Waals surface area contributed by atoms with E-state index in [4.69, 9.17) is 16.2 Å². The van der Waals surface area contributed by atoms with Crippen LogP contribution >= 0.6 is 0 Å². The summed E-state index contributed by atoms with van der Waals surface area (Å²) in [4.78, 5) is 17.5. The molecule has 2 fully saturated rings. The Morgan fingerprint density at radius 1 is 1.03 bits per heavy atom. The smallest absolute Gasteiger partial charge is 0.350 e. The molecule has 2 aliphatic heterocycles. The average Bonchev–Trinajstić information content (AvgIpc) is 2.97. The number of allylic oxidation sites excluding steroid dienone is 1. The maximum absolute atomic E-state index is 13.1. The quantitative estimate of drug-likeness (QED) is 0.194. The van der Waals surface area contributed by atoms with Gasteiger partial charge in [-0.2, -0.15) is 4.98 Å². The van der Waals surface area contributed by atoms with Crippen LogP contribution < -0.4 is 32.5 Å². The number of benzene rings is 1. The number of anilines is 2. The monoisotopic (exact) mass is 534 g/mol. The molecule has 1 aromatic heterocycles. The molecule has 1 saturated heterocycles. The Kier molecular flexibility index (Phi) is 9.37. The summed E-state index contributed by atoms with van der Waals surface area (Å²) in [5.74, 6) is 3.48. The van der Waals surface area contributed by atoms with Crippen LogP contribution in [0.5, 0.6) is 11.5 Å². The zero-order valence-electron chi connectivity index (χ0n) is 23.3. The fourth-order valence-electron chi connectivity index (χ4n) is 6.74. The minimum Gasteiger partial charge on any atom is -0.450 e. The Balaban J connectivity index is 1.23. The third-order valence-corrected chi connectivity index (χ3v) is 9.11. The van der Waals surface area contributed by atoms with E-state index in [2.05, 4.69) is 34.3 Å². The Morgan fingerprint density at radius 2 is 1.77 bits per heavy atom. The number of nitrogens with one attached hydrogen (secondary N) is 2. The van der Waals surface area contributed by atoms with E-state index in [1.807, 2.05) is 12.3 Å². The highest BCUT2D eigenvalue weighted by molar-refractivity contribution is 5.73. The molecule has 3 heterocycles. The topological polar surface area (TPSA) is 120 Å². The largest absolute Gasteiger partial charge is 0.450 e. The Labute approximate surface area is 232 Å². The van der Waals surface area contributed by atoms with Crippen molar-refractivity contribution < 1.29 is 4.74 Å². The van der Waals surface area contributed by atoms with Crippen LogP contribution in [-0.4, -0.2) is 35.7 Å². The number of hydrogen-bond acceptors (Lipinski definition) is 7. The molecule has 0 bridgehead atoms. The van der Waals surface area contributed by atoms with Gasteiger partial charge in [0.25, 0.3) is 0 Å². The third kappa shape index (κ3) is 6.56. The Hall–Kier alpha value is -2.68. The maximum atomic E-state index is 13.1. The molecule has 2 aromatic rings. The first-order valence-electron chi connectivity index (χ1n) is 15.1. The number of aromatic nitrogens is 2. The van der Waals surface area contributed by atoms with Gasteiger partial charge in [-0.3, -0.25) is 4.57 Å². The fraction of sp³-hybridized carbons (Fsp3) is 0.613. The van der Waals surface area contributed by atoms with Crippen molar-refractivity contribution in [2.75, 3.05) is 31.5 Å². The number of unbranched alkanes of at least 4 members (excludes halogenated alkanes) is 1. The summed E-state index contributed by atoms with van der Waals surface area (Å²) >= 11 is 0. The molecule has 6 N–H and O–H groups in total. The molecule has 1 atom stereocenters. The molecule has 8 heteroatoms. The van der Waals surface area contributed by atoms with E-state index < -0.39 is 0 Å². The zero-order valence-corrected chi connectivity index (χ0v) is 23.3. The van der Waals surface area contributed by atoms with Crippen LogP contribution in [0, 0.1) is 11.8 Å². The van der Waals surface area contributed by atoms with Crippen LogP contribution in [0.3, 0.4) is 0 Å². The van der Waals surface area contributed by atoms with Crippen LogP contribution in [0.15, 0.2) is 41.3 Å². The van der Waals surface area contributed by atoms with Gasteiger partial charge in [0.05, 0.1) is 11.9 Å². The van der Waals surface area contributed by atoms with Crippen LogP contribution in [0.4, 0.5) is 11.5 Å². The summed E-state index contributed by atoms with van der Waals surface area (Å²) in [6, 6.07) is 6.51. The second-order valence-electron chi connectivity index (χ2n) is 11.6. The van der Waals surface area contributed by atoms with E-state index in [1.54, 1.807) is 4.57 Å². The lowest BCUT2D eigenvalue weighted by atomic mass is 9.75. The molecule has 5 rings (SSSR count). The van der Waals surface area contributed by atoms with Gasteiger partial charge in [-0.05, 0) is 126 Å². The summed E-state index contributed by atoms with van der Waals surface area (Å²) in [5, 5.41) is 6.80. The summed E-state index contributed by atoms with van der Waals surface area (Å²) in [6.45, 7) is 8.13. The number of hydrogen-bond donors (Lipinski definition) is 4. The zero-order chi connectivity index (χ0) is 27.2. The SMILES string of the molecule is C=C(C(CCCN)CCCCN)C1CCC(n2cc3c(nc2=O)Nc2cc(C4CCNCC4)ccc2O3)CC1. The second kappa shape index (κ2) is 13.1. The van der Waals surface area contributed by atoms with E-state index in [0.717, 1.165) is 108 Å². The number of fused-ring (bicyclic) bond motifs is 2. The van der Waals surface area contributed by atoms with Crippen molar-refractivity contribution in [3.63, 3.8) is 0 Å². The summed E-state index contributed by atoms with van der Waals surface area (Å²) in [5.41, 5.74) is 14.9. The molecule has 1 aromatic carbocycles. The van der Waals surface area contributed by atoms with Crippen LogP contribution in [-0.2, 0) is 0 Å². The lowest BCUT2D eigenvalue weighted by Gasteiger charge is -2.34. The predicted molar refractivity (Wildman–Crippen MR) is 158 cm³/mol. The molecule has 0 amide bonds. The van der Waals surface area contributed by atoms with Gasteiger partial charge >= 0.3 is 5.69 Å². The lowest BCUT2D eigenvalue weighted by molar-refractivity contribution is 0.273. The van der Waals surface area contributed by atoms with Crippen molar-refractivity contribution in [1.82, 2.24) is 14.9 Å². The van der Waals surface area contributed by atoms with Crippen LogP contribution in [0.2, 0.25) is 0 Å². The van der Waals surface area contributed by atoms with Crippen LogP contribution in [0.1, 0.15) is 88.2 Å². The van der Waals surface area contributed by atoms with Gasteiger partial charge in [0.2, 0.25) is 0 Å². The number of rotatable bonds is 11. The van der Waals surface area contributed by atoms with Crippen molar-refractivity contribution in [3.05, 3.63) is 52.6 Å². The number of ether oxygens (including phenoxy) is 1. The van der Waals surface area contributed by atoms with Crippen LogP contribution in [0.25, 0.3) is 0 Å². The molecule has 0 spiro atoms. The Bertz CT molecular complexity index is 1180. The molecular formula is C31H46N6O2. The van der Waals surface area contributed by atoms with Gasteiger partial charge in [-0.25, -0.2) is 4.79 Å². The van der Waals surface area contributed by atoms with Gasteiger partial charge in [0.15, 0.2) is 17.3 Å². The highest BCUT2D eigenvalue weighted by Gasteiger charge is 2.29. The predicted octanol–water partition coefficient (Wildman–Crippen LogP) is 5.33. The van der Waals surface area contributed by atoms with Gasteiger partial charge in [0, 0.05) is 6.04 Å². The minimum absolute atomic E-state index is 0.131. The molecule has 1 aliphatic carbocycles. The molecule has 1 unspecified atom stereocenters. The molecular weight excluding hydrogens is 488 g/mol. The minimum atomic E-state index is -0.215. The number of piperidine rings is 1. The van der Waals surface area contributed by atoms with E-state index >= 15 is 0 Å². The third-order valence-electron chi connectivity index (χ3n) is 9.11. The van der Waals surface area contributed by atoms with Gasteiger partial charge in [-0.15, -0.1) is 0 Å². The van der Waals surface area contributed by atoms with Crippen molar-refractivity contribution >= 4 is 11.5 Å². The standard InChI is InChI=1S/C31H46N6O2/c1-21(22(6-4-16-33)5-2-3-15-32)23-7-10-26(11-8-23)37-20-29-30(36-31(37)38)35-27-19-25(9-12-28(27)39-29)24-13-17-34-18-14-24/h9,12,19-20,22-24,26,34H,1-8,10-11,13-18,32-33H2,(H,35,36,38). The van der Waals surface area contributed by atoms with Gasteiger partial charge < -0.3 is 26.8 Å². The molecule has 8 nitrogen and oxygen atoms in total. The van der Waals surface area contributed by atoms with E-state index in [0.29, 0.717) is 29.3 Å². The van der Waals surface area contributed by atoms with Crippen molar-refractivity contribution in [3.8, 4) is 11.5 Å². The van der Waals surface area contributed by atoms with Crippen molar-refractivity contribution in [2.45, 2.75) is 82.6 Å². The normalized spacial score (nSPS) is 21.8. The molecule has 0 radical (unpaired) electrons. The first-order chi connectivity index (χ1) is 19.1. The lowest BCUT2D eigenvalue weighted by Crippen LogP contribution is -2.31. The number of nitrogens with zero attached hydrogens (tertiary/aromatic N) is 2. The maximum Gasteiger partial charge on any atom is 0.350 e. The van der Waals surface area contributed by atoms with E-state index in [9.17, 15) is 4.79 Å². The Morgan fingerprint density at radius 3 is 2.51 bits per heavy atom. The van der Waals surface area contributed by atoms with E-state index in [1.165, 1.54) is 11.1 Å². The molecule has 3 aliphatic rings. The first-order valence-corrected chi connectivity index (χ1v) is 15.1. The fourth-order valence-corrected chi connectivity index (χ4v) is 6.74. The van der Waals surface area contributed by atoms with E-state index in [-0.39, 0.29) is 11.7 Å². The van der Waals surface area contributed by atoms with Gasteiger partial charge in [-0.1, -0.05) is 24.6 Å². The number of nitrogens with two attached hydrogens (primary N) is 2. The highest BCUT2D eigenvalue weighted by Crippen LogP contribution is 2.44. The van der Waals surface area contributed by atoms with Crippen molar-refractivity contribution in [2.24, 2.45) is 23.3 Å². The second-order valence-corrected chi connectivity index (χ2v) is 11.6.